The van der Waals surface area contributed by atoms with Crippen molar-refractivity contribution in [3.63, 3.8) is 0 Å². The highest BCUT2D eigenvalue weighted by molar-refractivity contribution is 5.92. The maximum Gasteiger partial charge on any atom is 0.287 e. The topological polar surface area (TPSA) is 42.2 Å². The fourth-order valence-corrected chi connectivity index (χ4v) is 2.51. The van der Waals surface area contributed by atoms with Crippen LogP contribution < -0.4 is 5.32 Å². The molecule has 0 radical (unpaired) electrons. The number of carbonyl (C=O) groups is 1. The van der Waals surface area contributed by atoms with E-state index in [0.717, 1.165) is 16.7 Å². The number of carbonyl (C=O) groups excluding carboxylic acids is 1. The normalized spacial score (nSPS) is 11.9. The minimum absolute atomic E-state index is 0.208. The Morgan fingerprint density at radius 3 is 2.36 bits per heavy atom. The second kappa shape index (κ2) is 6.31. The van der Waals surface area contributed by atoms with E-state index in [1.165, 1.54) is 6.26 Å². The average Bonchev–Trinajstić information content (AvgIpc) is 3.09. The fraction of sp³-hybridized carbons (Fsp3) is 0.105. The molecular weight excluding hydrogens is 274 g/mol. The molecule has 1 atom stereocenters. The van der Waals surface area contributed by atoms with E-state index in [1.807, 2.05) is 61.5 Å². The SMILES string of the molecule is Cc1ccccc1[C@@H](NC(=O)c1ccco1)c1ccccc1. The van der Waals surface area contributed by atoms with Gasteiger partial charge in [0.05, 0.1) is 12.3 Å². The van der Waals surface area contributed by atoms with E-state index in [1.54, 1.807) is 12.1 Å². The summed E-state index contributed by atoms with van der Waals surface area (Å²) in [7, 11) is 0. The molecule has 0 spiro atoms. The Kier molecular flexibility index (Phi) is 4.05. The van der Waals surface area contributed by atoms with Gasteiger partial charge in [-0.15, -0.1) is 0 Å². The summed E-state index contributed by atoms with van der Waals surface area (Å²) in [5.74, 6) is 0.0941. The van der Waals surface area contributed by atoms with Gasteiger partial charge in [0.2, 0.25) is 0 Å². The standard InChI is InChI=1S/C19H17NO2/c1-14-8-5-6-11-16(14)18(15-9-3-2-4-10-15)20-19(21)17-12-7-13-22-17/h2-13,18H,1H3,(H,20,21)/t18-/m0/s1. The Balaban J connectivity index is 1.97. The van der Waals surface area contributed by atoms with Crippen LogP contribution in [0.4, 0.5) is 0 Å². The van der Waals surface area contributed by atoms with Crippen LogP contribution in [0.15, 0.2) is 77.4 Å². The molecule has 110 valence electrons. The van der Waals surface area contributed by atoms with Gasteiger partial charge in [-0.1, -0.05) is 54.6 Å². The Morgan fingerprint density at radius 1 is 0.955 bits per heavy atom. The van der Waals surface area contributed by atoms with Gasteiger partial charge < -0.3 is 9.73 Å². The summed E-state index contributed by atoms with van der Waals surface area (Å²) in [6.07, 6.45) is 1.50. The highest BCUT2D eigenvalue weighted by Gasteiger charge is 2.20. The number of hydrogen-bond acceptors (Lipinski definition) is 2. The molecule has 0 bridgehead atoms. The maximum atomic E-state index is 12.4. The number of aryl methyl sites for hydroxylation is 1. The Bertz CT molecular complexity index is 748. The zero-order valence-corrected chi connectivity index (χ0v) is 12.3. The molecule has 0 saturated carbocycles. The van der Waals surface area contributed by atoms with Crippen LogP contribution in [0.1, 0.15) is 33.3 Å². The van der Waals surface area contributed by atoms with Gasteiger partial charge in [-0.3, -0.25) is 4.79 Å². The third kappa shape index (κ3) is 2.93. The molecule has 1 amide bonds. The third-order valence-electron chi connectivity index (χ3n) is 3.65. The minimum atomic E-state index is -0.220. The van der Waals surface area contributed by atoms with Crippen LogP contribution in [0.5, 0.6) is 0 Å². The first-order chi connectivity index (χ1) is 10.8. The molecular formula is C19H17NO2. The second-order valence-corrected chi connectivity index (χ2v) is 5.15. The van der Waals surface area contributed by atoms with Crippen LogP contribution in [0.2, 0.25) is 0 Å². The molecule has 3 rings (SSSR count). The largest absolute Gasteiger partial charge is 0.459 e. The third-order valence-corrected chi connectivity index (χ3v) is 3.65. The molecule has 0 saturated heterocycles. The predicted molar refractivity (Wildman–Crippen MR) is 85.6 cm³/mol. The summed E-state index contributed by atoms with van der Waals surface area (Å²) in [6.45, 7) is 2.05. The number of rotatable bonds is 4. The predicted octanol–water partition coefficient (Wildman–Crippen LogP) is 4.11. The van der Waals surface area contributed by atoms with E-state index in [2.05, 4.69) is 5.32 Å². The van der Waals surface area contributed by atoms with E-state index in [4.69, 9.17) is 4.42 Å². The van der Waals surface area contributed by atoms with Crippen molar-refractivity contribution in [2.45, 2.75) is 13.0 Å². The Morgan fingerprint density at radius 2 is 1.68 bits per heavy atom. The molecule has 1 N–H and O–H groups in total. The Labute approximate surface area is 129 Å². The summed E-state index contributed by atoms with van der Waals surface area (Å²) in [6, 6.07) is 21.2. The van der Waals surface area contributed by atoms with Crippen molar-refractivity contribution in [3.05, 3.63) is 95.4 Å². The summed E-state index contributed by atoms with van der Waals surface area (Å²) < 4.78 is 5.19. The lowest BCUT2D eigenvalue weighted by atomic mass is 9.95. The van der Waals surface area contributed by atoms with Crippen LogP contribution in [0.25, 0.3) is 0 Å². The molecule has 2 aromatic carbocycles. The molecule has 1 heterocycles. The van der Waals surface area contributed by atoms with Gasteiger partial charge in [0.1, 0.15) is 0 Å². The lowest BCUT2D eigenvalue weighted by molar-refractivity contribution is 0.0915. The molecule has 0 aliphatic heterocycles. The first-order valence-electron chi connectivity index (χ1n) is 7.20. The molecule has 0 aliphatic rings. The molecule has 3 nitrogen and oxygen atoms in total. The van der Waals surface area contributed by atoms with Crippen LogP contribution in [0.3, 0.4) is 0 Å². The van der Waals surface area contributed by atoms with Gasteiger partial charge in [0.25, 0.3) is 5.91 Å². The van der Waals surface area contributed by atoms with Crippen molar-refractivity contribution < 1.29 is 9.21 Å². The maximum absolute atomic E-state index is 12.4. The lowest BCUT2D eigenvalue weighted by Gasteiger charge is -2.21. The number of furan rings is 1. The van der Waals surface area contributed by atoms with Crippen molar-refractivity contribution in [3.8, 4) is 0 Å². The highest BCUT2D eigenvalue weighted by atomic mass is 16.3. The van der Waals surface area contributed by atoms with Crippen LogP contribution in [-0.2, 0) is 0 Å². The van der Waals surface area contributed by atoms with Crippen molar-refractivity contribution >= 4 is 5.91 Å². The van der Waals surface area contributed by atoms with E-state index >= 15 is 0 Å². The smallest absolute Gasteiger partial charge is 0.287 e. The second-order valence-electron chi connectivity index (χ2n) is 5.15. The molecule has 1 aromatic heterocycles. The van der Waals surface area contributed by atoms with Gasteiger partial charge in [-0.25, -0.2) is 0 Å². The van der Waals surface area contributed by atoms with Gasteiger partial charge in [-0.2, -0.15) is 0 Å². The summed E-state index contributed by atoms with van der Waals surface area (Å²) in [5.41, 5.74) is 3.25. The quantitative estimate of drug-likeness (QED) is 0.786. The zero-order chi connectivity index (χ0) is 15.4. The first kappa shape index (κ1) is 14.1. The fourth-order valence-electron chi connectivity index (χ4n) is 2.51. The molecule has 0 fully saturated rings. The number of hydrogen-bond donors (Lipinski definition) is 1. The van der Waals surface area contributed by atoms with Crippen molar-refractivity contribution in [2.75, 3.05) is 0 Å². The summed E-state index contributed by atoms with van der Waals surface area (Å²) in [5, 5.41) is 3.06. The van der Waals surface area contributed by atoms with Crippen LogP contribution >= 0.6 is 0 Å². The monoisotopic (exact) mass is 291 g/mol. The van der Waals surface area contributed by atoms with Gasteiger partial charge in [-0.05, 0) is 35.7 Å². The van der Waals surface area contributed by atoms with Crippen molar-refractivity contribution in [2.24, 2.45) is 0 Å². The number of nitrogens with one attached hydrogen (secondary N) is 1. The lowest BCUT2D eigenvalue weighted by Crippen LogP contribution is -2.29. The van der Waals surface area contributed by atoms with E-state index in [9.17, 15) is 4.79 Å². The van der Waals surface area contributed by atoms with E-state index in [-0.39, 0.29) is 11.9 Å². The molecule has 22 heavy (non-hydrogen) atoms. The van der Waals surface area contributed by atoms with Gasteiger partial charge in [0.15, 0.2) is 5.76 Å². The van der Waals surface area contributed by atoms with Crippen LogP contribution in [0, 0.1) is 6.92 Å². The molecule has 0 aliphatic carbocycles. The summed E-state index contributed by atoms with van der Waals surface area (Å²) in [4.78, 5) is 12.4. The molecule has 3 aromatic rings. The summed E-state index contributed by atoms with van der Waals surface area (Å²) >= 11 is 0. The first-order valence-corrected chi connectivity index (χ1v) is 7.20. The Hall–Kier alpha value is -2.81. The highest BCUT2D eigenvalue weighted by Crippen LogP contribution is 2.25. The number of benzene rings is 2. The zero-order valence-electron chi connectivity index (χ0n) is 12.3. The van der Waals surface area contributed by atoms with Crippen molar-refractivity contribution in [1.29, 1.82) is 0 Å². The average molecular weight is 291 g/mol. The van der Waals surface area contributed by atoms with Crippen molar-refractivity contribution in [1.82, 2.24) is 5.32 Å². The molecule has 3 heteroatoms. The minimum Gasteiger partial charge on any atom is -0.459 e. The van der Waals surface area contributed by atoms with Gasteiger partial charge in [0, 0.05) is 0 Å². The van der Waals surface area contributed by atoms with Crippen LogP contribution in [-0.4, -0.2) is 5.91 Å². The van der Waals surface area contributed by atoms with E-state index < -0.39 is 0 Å². The van der Waals surface area contributed by atoms with E-state index in [0.29, 0.717) is 5.76 Å². The number of amides is 1. The molecule has 0 unspecified atom stereocenters. The van der Waals surface area contributed by atoms with Gasteiger partial charge >= 0.3 is 0 Å².